The zero-order chi connectivity index (χ0) is 18.1. The van der Waals surface area contributed by atoms with E-state index in [1.807, 2.05) is 24.0 Å². The molecule has 2 fully saturated rings. The van der Waals surface area contributed by atoms with E-state index >= 15 is 0 Å². The van der Waals surface area contributed by atoms with Crippen molar-refractivity contribution in [2.45, 2.75) is 45.1 Å². The Balaban J connectivity index is 1.58. The van der Waals surface area contributed by atoms with Gasteiger partial charge in [-0.25, -0.2) is 4.98 Å². The molecule has 2 aromatic rings. The monoisotopic (exact) mass is 357 g/mol. The SMILES string of the molecule is Cc1cccc2c(=O)n(CC(=O)N3CCCCC3C3OCCO3)cnc12. The highest BCUT2D eigenvalue weighted by atomic mass is 16.7. The summed E-state index contributed by atoms with van der Waals surface area (Å²) in [4.78, 5) is 31.8. The molecule has 0 bridgehead atoms. The number of piperidine rings is 1. The maximum atomic E-state index is 12.9. The minimum atomic E-state index is -0.353. The predicted molar refractivity (Wildman–Crippen MR) is 95.8 cm³/mol. The maximum Gasteiger partial charge on any atom is 0.261 e. The fourth-order valence-electron chi connectivity index (χ4n) is 3.84. The number of carbonyl (C=O) groups excluding carboxylic acids is 1. The van der Waals surface area contributed by atoms with Gasteiger partial charge in [0.1, 0.15) is 6.54 Å². The average Bonchev–Trinajstić information content (AvgIpc) is 3.19. The Morgan fingerprint density at radius 3 is 2.88 bits per heavy atom. The molecule has 0 aliphatic carbocycles. The lowest BCUT2D eigenvalue weighted by molar-refractivity contribution is -0.151. The van der Waals surface area contributed by atoms with Gasteiger partial charge in [-0.05, 0) is 37.8 Å². The molecule has 0 radical (unpaired) electrons. The zero-order valence-electron chi connectivity index (χ0n) is 14.9. The van der Waals surface area contributed by atoms with E-state index in [2.05, 4.69) is 4.98 Å². The first kappa shape index (κ1) is 17.2. The summed E-state index contributed by atoms with van der Waals surface area (Å²) in [5, 5.41) is 0.540. The predicted octanol–water partition coefficient (Wildman–Crippen LogP) is 1.46. The van der Waals surface area contributed by atoms with E-state index in [1.165, 1.54) is 10.9 Å². The molecule has 2 aliphatic heterocycles. The molecule has 1 aromatic carbocycles. The molecule has 0 saturated carbocycles. The number of hydrogen-bond donors (Lipinski definition) is 0. The number of aryl methyl sites for hydroxylation is 1. The number of nitrogens with zero attached hydrogens (tertiary/aromatic N) is 3. The Hall–Kier alpha value is -2.25. The van der Waals surface area contributed by atoms with Gasteiger partial charge >= 0.3 is 0 Å². The van der Waals surface area contributed by atoms with Gasteiger partial charge in [0.2, 0.25) is 5.91 Å². The lowest BCUT2D eigenvalue weighted by atomic mass is 10.0. The molecule has 0 N–H and O–H groups in total. The molecule has 26 heavy (non-hydrogen) atoms. The Morgan fingerprint density at radius 2 is 2.08 bits per heavy atom. The molecule has 7 heteroatoms. The lowest BCUT2D eigenvalue weighted by Crippen LogP contribution is -2.51. The van der Waals surface area contributed by atoms with Crippen LogP contribution in [0.15, 0.2) is 29.3 Å². The van der Waals surface area contributed by atoms with Gasteiger partial charge in [0.15, 0.2) is 6.29 Å². The van der Waals surface area contributed by atoms with Gasteiger partial charge in [-0.2, -0.15) is 0 Å². The van der Waals surface area contributed by atoms with Crippen LogP contribution in [-0.2, 0) is 20.8 Å². The first-order valence-corrected chi connectivity index (χ1v) is 9.12. The largest absolute Gasteiger partial charge is 0.348 e. The summed E-state index contributed by atoms with van der Waals surface area (Å²) in [6.45, 7) is 3.71. The van der Waals surface area contributed by atoms with Gasteiger partial charge in [-0.1, -0.05) is 12.1 Å². The van der Waals surface area contributed by atoms with Crippen LogP contribution < -0.4 is 5.56 Å². The number of hydrogen-bond acceptors (Lipinski definition) is 5. The van der Waals surface area contributed by atoms with Gasteiger partial charge in [0.25, 0.3) is 5.56 Å². The van der Waals surface area contributed by atoms with Gasteiger partial charge in [-0.15, -0.1) is 0 Å². The van der Waals surface area contributed by atoms with E-state index < -0.39 is 0 Å². The van der Waals surface area contributed by atoms with Crippen LogP contribution in [0.4, 0.5) is 0 Å². The van der Waals surface area contributed by atoms with Crippen LogP contribution in [0.25, 0.3) is 10.9 Å². The number of aromatic nitrogens is 2. The number of benzene rings is 1. The molecule has 1 aromatic heterocycles. The van der Waals surface area contributed by atoms with Crippen molar-refractivity contribution < 1.29 is 14.3 Å². The van der Waals surface area contributed by atoms with Crippen molar-refractivity contribution in [2.75, 3.05) is 19.8 Å². The molecule has 1 amide bonds. The molecule has 1 atom stereocenters. The van der Waals surface area contributed by atoms with Gasteiger partial charge in [0, 0.05) is 6.54 Å². The van der Waals surface area contributed by atoms with Crippen LogP contribution in [0, 0.1) is 6.92 Å². The first-order chi connectivity index (χ1) is 12.6. The van der Waals surface area contributed by atoms with Crippen molar-refractivity contribution >= 4 is 16.8 Å². The van der Waals surface area contributed by atoms with Crippen molar-refractivity contribution in [3.05, 3.63) is 40.4 Å². The molecular weight excluding hydrogens is 334 g/mol. The van der Waals surface area contributed by atoms with Crippen molar-refractivity contribution in [1.82, 2.24) is 14.5 Å². The second kappa shape index (κ2) is 7.17. The zero-order valence-corrected chi connectivity index (χ0v) is 14.9. The van der Waals surface area contributed by atoms with Crippen molar-refractivity contribution in [1.29, 1.82) is 0 Å². The number of amides is 1. The summed E-state index contributed by atoms with van der Waals surface area (Å²) in [7, 11) is 0. The highest BCUT2D eigenvalue weighted by Gasteiger charge is 2.36. The smallest absolute Gasteiger partial charge is 0.261 e. The highest BCUT2D eigenvalue weighted by Crippen LogP contribution is 2.24. The lowest BCUT2D eigenvalue weighted by Gasteiger charge is -2.38. The van der Waals surface area contributed by atoms with Crippen LogP contribution in [0.5, 0.6) is 0 Å². The number of ether oxygens (including phenoxy) is 2. The third kappa shape index (κ3) is 3.12. The van der Waals surface area contributed by atoms with E-state index in [0.29, 0.717) is 30.7 Å². The van der Waals surface area contributed by atoms with Crippen LogP contribution >= 0.6 is 0 Å². The second-order valence-electron chi connectivity index (χ2n) is 6.91. The standard InChI is InChI=1S/C19H23N3O4/c1-13-5-4-6-14-17(13)20-12-21(18(14)24)11-16(23)22-8-3-2-7-15(22)19-25-9-10-26-19/h4-6,12,15,19H,2-3,7-11H2,1H3. The molecule has 2 saturated heterocycles. The summed E-state index contributed by atoms with van der Waals surface area (Å²) in [5.74, 6) is -0.0929. The van der Waals surface area contributed by atoms with E-state index in [0.717, 1.165) is 24.8 Å². The van der Waals surface area contributed by atoms with E-state index in [1.54, 1.807) is 6.07 Å². The van der Waals surface area contributed by atoms with Crippen LogP contribution in [-0.4, -0.2) is 52.4 Å². The summed E-state index contributed by atoms with van der Waals surface area (Å²) in [5.41, 5.74) is 1.45. The van der Waals surface area contributed by atoms with E-state index in [9.17, 15) is 9.59 Å². The molecule has 4 rings (SSSR count). The minimum Gasteiger partial charge on any atom is -0.348 e. The number of likely N-dealkylation sites (tertiary alicyclic amines) is 1. The third-order valence-corrected chi connectivity index (χ3v) is 5.19. The molecular formula is C19H23N3O4. The summed E-state index contributed by atoms with van der Waals surface area (Å²) in [6.07, 6.45) is 3.98. The minimum absolute atomic E-state index is 0.0149. The third-order valence-electron chi connectivity index (χ3n) is 5.19. The summed E-state index contributed by atoms with van der Waals surface area (Å²) < 4.78 is 12.6. The van der Waals surface area contributed by atoms with Gasteiger partial charge < -0.3 is 14.4 Å². The number of para-hydroxylation sites is 1. The van der Waals surface area contributed by atoms with Crippen LogP contribution in [0.1, 0.15) is 24.8 Å². The molecule has 1 unspecified atom stereocenters. The van der Waals surface area contributed by atoms with Crippen molar-refractivity contribution in [3.8, 4) is 0 Å². The first-order valence-electron chi connectivity index (χ1n) is 9.12. The van der Waals surface area contributed by atoms with Gasteiger partial charge in [-0.3, -0.25) is 14.2 Å². The molecule has 7 nitrogen and oxygen atoms in total. The fraction of sp³-hybridized carbons (Fsp3) is 0.526. The number of fused-ring (bicyclic) bond motifs is 1. The molecule has 0 spiro atoms. The molecule has 3 heterocycles. The quantitative estimate of drug-likeness (QED) is 0.831. The Bertz CT molecular complexity index is 873. The molecule has 138 valence electrons. The second-order valence-corrected chi connectivity index (χ2v) is 6.91. The Labute approximate surface area is 151 Å². The van der Waals surface area contributed by atoms with Crippen LogP contribution in [0.3, 0.4) is 0 Å². The summed E-state index contributed by atoms with van der Waals surface area (Å²) in [6, 6.07) is 5.43. The highest BCUT2D eigenvalue weighted by molar-refractivity contribution is 5.81. The van der Waals surface area contributed by atoms with E-state index in [-0.39, 0.29) is 30.3 Å². The number of rotatable bonds is 3. The Morgan fingerprint density at radius 1 is 1.27 bits per heavy atom. The average molecular weight is 357 g/mol. The van der Waals surface area contributed by atoms with Crippen LogP contribution in [0.2, 0.25) is 0 Å². The maximum absolute atomic E-state index is 12.9. The molecule has 2 aliphatic rings. The fourth-order valence-corrected chi connectivity index (χ4v) is 3.84. The van der Waals surface area contributed by atoms with Crippen molar-refractivity contribution in [3.63, 3.8) is 0 Å². The Kier molecular flexibility index (Phi) is 4.74. The summed E-state index contributed by atoms with van der Waals surface area (Å²) >= 11 is 0. The van der Waals surface area contributed by atoms with E-state index in [4.69, 9.17) is 9.47 Å². The normalized spacial score (nSPS) is 21.4. The number of carbonyl (C=O) groups is 1. The van der Waals surface area contributed by atoms with Gasteiger partial charge in [0.05, 0.1) is 36.5 Å². The van der Waals surface area contributed by atoms with Crippen molar-refractivity contribution in [2.24, 2.45) is 0 Å². The topological polar surface area (TPSA) is 73.7 Å².